The van der Waals surface area contributed by atoms with Crippen LogP contribution < -0.4 is 9.47 Å². The van der Waals surface area contributed by atoms with Crippen LogP contribution in [0, 0.1) is 29.6 Å². The molecule has 4 rings (SSSR count). The highest BCUT2D eigenvalue weighted by Crippen LogP contribution is 2.67. The van der Waals surface area contributed by atoms with Gasteiger partial charge >= 0.3 is 0 Å². The smallest absolute Gasteiger partial charge is 0.123 e. The Morgan fingerprint density at radius 3 is 2.10 bits per heavy atom. The summed E-state index contributed by atoms with van der Waals surface area (Å²) in [7, 11) is 3.40. The molecule has 0 amide bonds. The molecule has 0 radical (unpaired) electrons. The summed E-state index contributed by atoms with van der Waals surface area (Å²) in [5.74, 6) is 6.04. The SMILES string of the molecule is COc1cc(OC)cc(/C(C)=C/C2[C@@H]3[C@H]2[C@H]2C=C[C@@H]3C2)c1. The van der Waals surface area contributed by atoms with Crippen LogP contribution in [0.25, 0.3) is 5.57 Å². The van der Waals surface area contributed by atoms with Crippen molar-refractivity contribution in [3.8, 4) is 11.5 Å². The highest BCUT2D eigenvalue weighted by Gasteiger charge is 2.62. The topological polar surface area (TPSA) is 18.5 Å². The summed E-state index contributed by atoms with van der Waals surface area (Å²) >= 11 is 0. The van der Waals surface area contributed by atoms with Gasteiger partial charge in [-0.2, -0.15) is 0 Å². The number of hydrogen-bond acceptors (Lipinski definition) is 2. The zero-order valence-corrected chi connectivity index (χ0v) is 12.9. The largest absolute Gasteiger partial charge is 0.497 e. The summed E-state index contributed by atoms with van der Waals surface area (Å²) in [5.41, 5.74) is 2.54. The lowest BCUT2D eigenvalue weighted by Crippen LogP contribution is -1.97. The van der Waals surface area contributed by atoms with Crippen molar-refractivity contribution in [2.24, 2.45) is 29.6 Å². The molecule has 2 fully saturated rings. The zero-order chi connectivity index (χ0) is 14.6. The molecule has 1 aromatic carbocycles. The molecule has 1 unspecified atom stereocenters. The minimum Gasteiger partial charge on any atom is -0.497 e. The first-order valence-corrected chi connectivity index (χ1v) is 7.81. The third-order valence-corrected chi connectivity index (χ3v) is 5.58. The summed E-state index contributed by atoms with van der Waals surface area (Å²) in [4.78, 5) is 0. The van der Waals surface area contributed by atoms with Crippen LogP contribution in [0.5, 0.6) is 11.5 Å². The highest BCUT2D eigenvalue weighted by atomic mass is 16.5. The molecule has 0 aliphatic heterocycles. The lowest BCUT2D eigenvalue weighted by molar-refractivity contribution is 0.394. The molecule has 0 heterocycles. The highest BCUT2D eigenvalue weighted by molar-refractivity contribution is 5.67. The Hall–Kier alpha value is -1.70. The Balaban J connectivity index is 1.58. The first-order valence-electron chi connectivity index (χ1n) is 7.81. The van der Waals surface area contributed by atoms with E-state index in [-0.39, 0.29) is 0 Å². The number of rotatable bonds is 4. The van der Waals surface area contributed by atoms with Crippen LogP contribution >= 0.6 is 0 Å². The van der Waals surface area contributed by atoms with E-state index in [0.29, 0.717) is 0 Å². The Bertz CT molecular complexity index is 588. The van der Waals surface area contributed by atoms with Gasteiger partial charge in [0.05, 0.1) is 14.2 Å². The Kier molecular flexibility index (Phi) is 2.88. The van der Waals surface area contributed by atoms with Crippen molar-refractivity contribution in [3.05, 3.63) is 42.0 Å². The first-order chi connectivity index (χ1) is 10.2. The molecule has 2 bridgehead atoms. The maximum Gasteiger partial charge on any atom is 0.123 e. The summed E-state index contributed by atoms with van der Waals surface area (Å²) in [6, 6.07) is 6.12. The van der Waals surface area contributed by atoms with Gasteiger partial charge in [0.1, 0.15) is 11.5 Å². The minimum atomic E-state index is 0.779. The molecule has 110 valence electrons. The molecule has 0 aromatic heterocycles. The van der Waals surface area contributed by atoms with Crippen molar-refractivity contribution in [1.82, 2.24) is 0 Å². The lowest BCUT2D eigenvalue weighted by atomic mass is 9.98. The number of ether oxygens (including phenoxy) is 2. The second kappa shape index (κ2) is 4.66. The van der Waals surface area contributed by atoms with Gasteiger partial charge in [0.25, 0.3) is 0 Å². The van der Waals surface area contributed by atoms with Crippen molar-refractivity contribution in [1.29, 1.82) is 0 Å². The van der Waals surface area contributed by atoms with Gasteiger partial charge in [0.15, 0.2) is 0 Å². The molecule has 0 saturated heterocycles. The summed E-state index contributed by atoms with van der Waals surface area (Å²) in [5, 5.41) is 0. The van der Waals surface area contributed by atoms with Crippen molar-refractivity contribution >= 4 is 5.57 Å². The predicted octanol–water partition coefficient (Wildman–Crippen LogP) is 4.18. The van der Waals surface area contributed by atoms with Gasteiger partial charge in [-0.15, -0.1) is 0 Å². The molecule has 3 aliphatic rings. The zero-order valence-electron chi connectivity index (χ0n) is 12.9. The van der Waals surface area contributed by atoms with Crippen LogP contribution in [0.4, 0.5) is 0 Å². The molecular formula is C19H22O2. The van der Waals surface area contributed by atoms with E-state index in [1.54, 1.807) is 14.2 Å². The quantitative estimate of drug-likeness (QED) is 0.771. The van der Waals surface area contributed by atoms with Crippen molar-refractivity contribution in [2.75, 3.05) is 14.2 Å². The average molecular weight is 282 g/mol. The first kappa shape index (κ1) is 13.0. The van der Waals surface area contributed by atoms with E-state index in [1.165, 1.54) is 17.6 Å². The Labute approximate surface area is 126 Å². The fraction of sp³-hybridized carbons (Fsp3) is 0.474. The van der Waals surface area contributed by atoms with Gasteiger partial charge in [-0.05, 0) is 66.2 Å². The number of allylic oxidation sites excluding steroid dienone is 4. The van der Waals surface area contributed by atoms with Gasteiger partial charge in [0, 0.05) is 6.07 Å². The predicted molar refractivity (Wildman–Crippen MR) is 84.4 cm³/mol. The molecule has 1 aromatic rings. The van der Waals surface area contributed by atoms with E-state index < -0.39 is 0 Å². The van der Waals surface area contributed by atoms with Crippen LogP contribution in [0.2, 0.25) is 0 Å². The van der Waals surface area contributed by atoms with E-state index in [0.717, 1.165) is 41.1 Å². The molecule has 0 spiro atoms. The van der Waals surface area contributed by atoms with E-state index in [2.05, 4.69) is 37.3 Å². The number of methoxy groups -OCH3 is 2. The van der Waals surface area contributed by atoms with Gasteiger partial charge in [0.2, 0.25) is 0 Å². The number of benzene rings is 1. The normalized spacial score (nSPS) is 35.8. The molecule has 3 aliphatic carbocycles. The van der Waals surface area contributed by atoms with Gasteiger partial charge < -0.3 is 9.47 Å². The van der Waals surface area contributed by atoms with Gasteiger partial charge in [-0.3, -0.25) is 0 Å². The third kappa shape index (κ3) is 2.00. The maximum atomic E-state index is 5.37. The molecule has 2 heteroatoms. The van der Waals surface area contributed by atoms with Gasteiger partial charge in [-0.25, -0.2) is 0 Å². The van der Waals surface area contributed by atoms with E-state index >= 15 is 0 Å². The average Bonchev–Trinajstić information content (AvgIpc) is 2.90. The van der Waals surface area contributed by atoms with Gasteiger partial charge in [-0.1, -0.05) is 18.2 Å². The van der Waals surface area contributed by atoms with Crippen molar-refractivity contribution in [2.45, 2.75) is 13.3 Å². The third-order valence-electron chi connectivity index (χ3n) is 5.58. The maximum absolute atomic E-state index is 5.37. The number of fused-ring (bicyclic) bond motifs is 5. The minimum absolute atomic E-state index is 0.779. The van der Waals surface area contributed by atoms with Crippen LogP contribution in [0.15, 0.2) is 36.4 Å². The monoisotopic (exact) mass is 282 g/mol. The molecule has 21 heavy (non-hydrogen) atoms. The van der Waals surface area contributed by atoms with E-state index in [4.69, 9.17) is 9.47 Å². The standard InChI is InChI=1S/C19H22O2/c1-11(14-8-15(20-2)10-16(9-14)21-3)6-17-18-12-4-5-13(7-12)19(17)18/h4-6,8-10,12-13,17-19H,7H2,1-3H3/b11-6+/t12-,13+,17?,18-,19+. The van der Waals surface area contributed by atoms with E-state index in [9.17, 15) is 0 Å². The summed E-state index contributed by atoms with van der Waals surface area (Å²) < 4.78 is 10.7. The Morgan fingerprint density at radius 1 is 1.00 bits per heavy atom. The fourth-order valence-electron chi connectivity index (χ4n) is 4.50. The van der Waals surface area contributed by atoms with Crippen molar-refractivity contribution < 1.29 is 9.47 Å². The number of hydrogen-bond donors (Lipinski definition) is 0. The van der Waals surface area contributed by atoms with Crippen LogP contribution in [0.1, 0.15) is 18.9 Å². The van der Waals surface area contributed by atoms with Crippen LogP contribution in [0.3, 0.4) is 0 Å². The molecule has 2 saturated carbocycles. The fourth-order valence-corrected chi connectivity index (χ4v) is 4.50. The van der Waals surface area contributed by atoms with E-state index in [1.807, 2.05) is 6.07 Å². The molecule has 2 nitrogen and oxygen atoms in total. The molecule has 0 N–H and O–H groups in total. The second-order valence-electron chi connectivity index (χ2n) is 6.63. The van der Waals surface area contributed by atoms with Crippen molar-refractivity contribution in [3.63, 3.8) is 0 Å². The van der Waals surface area contributed by atoms with Crippen LogP contribution in [-0.4, -0.2) is 14.2 Å². The van der Waals surface area contributed by atoms with Crippen LogP contribution in [-0.2, 0) is 0 Å². The second-order valence-corrected chi connectivity index (χ2v) is 6.63. The summed E-state index contributed by atoms with van der Waals surface area (Å²) in [6.45, 7) is 2.21. The lowest BCUT2D eigenvalue weighted by Gasteiger charge is -2.10. The molecule has 5 atom stereocenters. The summed E-state index contributed by atoms with van der Waals surface area (Å²) in [6.07, 6.45) is 8.79. The Morgan fingerprint density at radius 2 is 1.57 bits per heavy atom. The molecular weight excluding hydrogens is 260 g/mol.